The zero-order valence-electron chi connectivity index (χ0n) is 13.6. The molecule has 0 bridgehead atoms. The molecule has 5 heteroatoms. The van der Waals surface area contributed by atoms with Crippen LogP contribution in [0.15, 0.2) is 57.9 Å². The summed E-state index contributed by atoms with van der Waals surface area (Å²) in [5, 5.41) is 1.75. The van der Waals surface area contributed by atoms with Crippen molar-refractivity contribution in [3.05, 3.63) is 69.7 Å². The van der Waals surface area contributed by atoms with Crippen molar-refractivity contribution < 1.29 is 12.6 Å². The number of fused-ring (bicyclic) bond motifs is 1. The van der Waals surface area contributed by atoms with Crippen molar-refractivity contribution in [3.63, 3.8) is 0 Å². The normalized spacial score (nSPS) is 11.7. The smallest absolute Gasteiger partial charge is 0.339 e. The summed E-state index contributed by atoms with van der Waals surface area (Å²) < 4.78 is 31.4. The molecule has 124 valence electrons. The van der Waals surface area contributed by atoms with Crippen molar-refractivity contribution in [2.45, 2.75) is 25.7 Å². The van der Waals surface area contributed by atoms with E-state index in [4.69, 9.17) is 4.18 Å². The summed E-state index contributed by atoms with van der Waals surface area (Å²) in [7, 11) is -3.90. The fourth-order valence-corrected chi connectivity index (χ4v) is 4.22. The molecule has 24 heavy (non-hydrogen) atoms. The Morgan fingerprint density at radius 2 is 1.54 bits per heavy atom. The van der Waals surface area contributed by atoms with Crippen molar-refractivity contribution in [1.82, 2.24) is 0 Å². The molecular formula is C19H17BrO3S. The van der Waals surface area contributed by atoms with Gasteiger partial charge in [-0.05, 0) is 65.8 Å². The van der Waals surface area contributed by atoms with Crippen molar-refractivity contribution in [2.24, 2.45) is 0 Å². The Morgan fingerprint density at radius 1 is 0.875 bits per heavy atom. The number of benzene rings is 3. The molecule has 0 N–H and O–H groups in total. The molecule has 0 aliphatic rings. The van der Waals surface area contributed by atoms with Gasteiger partial charge in [0.15, 0.2) is 5.75 Å². The van der Waals surface area contributed by atoms with Gasteiger partial charge in [-0.25, -0.2) is 0 Å². The predicted molar refractivity (Wildman–Crippen MR) is 100 cm³/mol. The van der Waals surface area contributed by atoms with Crippen LogP contribution in [-0.2, 0) is 10.1 Å². The van der Waals surface area contributed by atoms with Crippen LogP contribution in [-0.4, -0.2) is 8.42 Å². The molecule has 0 fully saturated rings. The molecule has 0 radical (unpaired) electrons. The van der Waals surface area contributed by atoms with Gasteiger partial charge < -0.3 is 4.18 Å². The van der Waals surface area contributed by atoms with Gasteiger partial charge in [0, 0.05) is 5.39 Å². The van der Waals surface area contributed by atoms with Gasteiger partial charge in [0.25, 0.3) is 0 Å². The van der Waals surface area contributed by atoms with Gasteiger partial charge >= 0.3 is 10.1 Å². The lowest BCUT2D eigenvalue weighted by Gasteiger charge is -2.14. The first-order valence-electron chi connectivity index (χ1n) is 7.48. The summed E-state index contributed by atoms with van der Waals surface area (Å²) in [4.78, 5) is 0.141. The fourth-order valence-electron chi connectivity index (χ4n) is 2.74. The molecule has 3 aromatic rings. The summed E-state index contributed by atoms with van der Waals surface area (Å²) in [6, 6.07) is 14.4. The molecule has 0 aromatic heterocycles. The van der Waals surface area contributed by atoms with E-state index in [-0.39, 0.29) is 4.90 Å². The average molecular weight is 405 g/mol. The first-order chi connectivity index (χ1) is 11.3. The van der Waals surface area contributed by atoms with Crippen LogP contribution in [0.4, 0.5) is 0 Å². The summed E-state index contributed by atoms with van der Waals surface area (Å²) >= 11 is 3.42. The van der Waals surface area contributed by atoms with Crippen LogP contribution in [0.25, 0.3) is 10.8 Å². The van der Waals surface area contributed by atoms with E-state index in [0.29, 0.717) is 10.2 Å². The molecule has 0 saturated carbocycles. The van der Waals surface area contributed by atoms with E-state index in [1.165, 1.54) is 0 Å². The molecule has 3 aromatic carbocycles. The predicted octanol–water partition coefficient (Wildman–Crippen LogP) is 5.30. The SMILES string of the molecule is Cc1ccc(S(=O)(=O)Oc2c(Br)ccc3cc(C)cc(C)c23)cc1. The second-order valence-electron chi connectivity index (χ2n) is 5.91. The van der Waals surface area contributed by atoms with Crippen molar-refractivity contribution >= 4 is 36.8 Å². The number of aryl methyl sites for hydroxylation is 3. The lowest BCUT2D eigenvalue weighted by atomic mass is 10.0. The van der Waals surface area contributed by atoms with Crippen LogP contribution < -0.4 is 4.18 Å². The standard InChI is InChI=1S/C19H17BrO3S/c1-12-4-7-16(8-5-12)24(21,22)23-19-17(20)9-6-15-11-13(2)10-14(3)18(15)19/h4-11H,1-3H3. The van der Waals surface area contributed by atoms with Crippen molar-refractivity contribution in [3.8, 4) is 5.75 Å². The average Bonchev–Trinajstić information content (AvgIpc) is 2.50. The molecule has 3 rings (SSSR count). The fraction of sp³-hybridized carbons (Fsp3) is 0.158. The maximum absolute atomic E-state index is 12.6. The molecule has 0 amide bonds. The molecule has 0 atom stereocenters. The van der Waals surface area contributed by atoms with Gasteiger partial charge in [0.05, 0.1) is 4.47 Å². The highest BCUT2D eigenvalue weighted by Gasteiger charge is 2.20. The number of rotatable bonds is 3. The Bertz CT molecular complexity index is 1020. The Balaban J connectivity index is 2.16. The Kier molecular flexibility index (Phi) is 4.40. The maximum Gasteiger partial charge on any atom is 0.339 e. The second-order valence-corrected chi connectivity index (χ2v) is 8.31. The van der Waals surface area contributed by atoms with E-state index in [1.54, 1.807) is 30.3 Å². The second kappa shape index (κ2) is 6.22. The van der Waals surface area contributed by atoms with Crippen LogP contribution in [0.3, 0.4) is 0 Å². The molecule has 3 nitrogen and oxygen atoms in total. The zero-order chi connectivity index (χ0) is 17.5. The molecule has 0 saturated heterocycles. The quantitative estimate of drug-likeness (QED) is 0.556. The minimum absolute atomic E-state index is 0.141. The summed E-state index contributed by atoms with van der Waals surface area (Å²) in [6.07, 6.45) is 0. The summed E-state index contributed by atoms with van der Waals surface area (Å²) in [5.41, 5.74) is 3.08. The third kappa shape index (κ3) is 3.19. The van der Waals surface area contributed by atoms with Crippen LogP contribution in [0.5, 0.6) is 5.75 Å². The Labute approximate surface area is 150 Å². The third-order valence-corrected chi connectivity index (χ3v) is 5.73. The van der Waals surface area contributed by atoms with Crippen molar-refractivity contribution in [1.29, 1.82) is 0 Å². The van der Waals surface area contributed by atoms with E-state index in [1.807, 2.05) is 39.0 Å². The number of halogens is 1. The Hall–Kier alpha value is -1.85. The minimum Gasteiger partial charge on any atom is -0.377 e. The van der Waals surface area contributed by atoms with E-state index in [2.05, 4.69) is 15.9 Å². The zero-order valence-corrected chi connectivity index (χ0v) is 16.0. The van der Waals surface area contributed by atoms with Gasteiger partial charge in [0.1, 0.15) is 4.90 Å². The highest BCUT2D eigenvalue weighted by Crippen LogP contribution is 2.38. The van der Waals surface area contributed by atoms with E-state index < -0.39 is 10.1 Å². The molecule has 0 spiro atoms. The number of hydrogen-bond acceptors (Lipinski definition) is 3. The first kappa shape index (κ1) is 17.0. The topological polar surface area (TPSA) is 43.4 Å². The lowest BCUT2D eigenvalue weighted by molar-refractivity contribution is 0.487. The van der Waals surface area contributed by atoms with E-state index >= 15 is 0 Å². The van der Waals surface area contributed by atoms with Crippen LogP contribution in [0, 0.1) is 20.8 Å². The van der Waals surface area contributed by atoms with Gasteiger partial charge in [-0.3, -0.25) is 0 Å². The van der Waals surface area contributed by atoms with Gasteiger partial charge in [0.2, 0.25) is 0 Å². The van der Waals surface area contributed by atoms with Gasteiger partial charge in [-0.2, -0.15) is 8.42 Å². The van der Waals surface area contributed by atoms with Crippen molar-refractivity contribution in [2.75, 3.05) is 0 Å². The van der Waals surface area contributed by atoms with Gasteiger partial charge in [-0.1, -0.05) is 41.5 Å². The van der Waals surface area contributed by atoms with Crippen LogP contribution in [0.1, 0.15) is 16.7 Å². The summed E-state index contributed by atoms with van der Waals surface area (Å²) in [5.74, 6) is 0.325. The highest BCUT2D eigenvalue weighted by molar-refractivity contribution is 9.10. The summed E-state index contributed by atoms with van der Waals surface area (Å²) in [6.45, 7) is 5.87. The van der Waals surface area contributed by atoms with Gasteiger partial charge in [-0.15, -0.1) is 0 Å². The molecular weight excluding hydrogens is 388 g/mol. The Morgan fingerprint density at radius 3 is 2.21 bits per heavy atom. The van der Waals surface area contributed by atoms with Crippen LogP contribution in [0.2, 0.25) is 0 Å². The monoisotopic (exact) mass is 404 g/mol. The van der Waals surface area contributed by atoms with E-state index in [9.17, 15) is 8.42 Å². The van der Waals surface area contributed by atoms with Crippen LogP contribution >= 0.6 is 15.9 Å². The lowest BCUT2D eigenvalue weighted by Crippen LogP contribution is -2.10. The highest BCUT2D eigenvalue weighted by atomic mass is 79.9. The molecule has 0 aliphatic heterocycles. The largest absolute Gasteiger partial charge is 0.377 e. The molecule has 0 aliphatic carbocycles. The molecule has 0 unspecified atom stereocenters. The molecule has 0 heterocycles. The number of hydrogen-bond donors (Lipinski definition) is 0. The minimum atomic E-state index is -3.90. The maximum atomic E-state index is 12.6. The first-order valence-corrected chi connectivity index (χ1v) is 9.69. The van der Waals surface area contributed by atoms with E-state index in [0.717, 1.165) is 27.5 Å². The third-order valence-electron chi connectivity index (χ3n) is 3.87.